The van der Waals surface area contributed by atoms with E-state index in [0.29, 0.717) is 12.9 Å². The van der Waals surface area contributed by atoms with E-state index in [9.17, 15) is 0 Å². The molecule has 0 spiro atoms. The van der Waals surface area contributed by atoms with Crippen LogP contribution in [0.2, 0.25) is 0 Å². The number of rotatable bonds is 0. The molecule has 0 radical (unpaired) electrons. The van der Waals surface area contributed by atoms with Crippen LogP contribution in [0.4, 0.5) is 0 Å². The first-order valence-corrected chi connectivity index (χ1v) is 2.93. The van der Waals surface area contributed by atoms with Crippen LogP contribution in [-0.2, 0) is 14.3 Å². The van der Waals surface area contributed by atoms with Crippen molar-refractivity contribution in [2.24, 2.45) is 0 Å². The summed E-state index contributed by atoms with van der Waals surface area (Å²) in [5.41, 5.74) is 0. The van der Waals surface area contributed by atoms with E-state index in [-0.39, 0.29) is 23.1 Å². The van der Waals surface area contributed by atoms with Crippen LogP contribution in [0.3, 0.4) is 0 Å². The number of aliphatic hydroxyl groups excluding tert-OH is 2. The van der Waals surface area contributed by atoms with E-state index in [1.165, 1.54) is 12.8 Å². The summed E-state index contributed by atoms with van der Waals surface area (Å²) in [4.78, 5) is 16.5. The van der Waals surface area contributed by atoms with Gasteiger partial charge in [0.25, 0.3) is 0 Å². The Bertz CT molecular complexity index is 70.4. The molecule has 6 heteroatoms. The molecule has 5 nitrogen and oxygen atoms in total. The van der Waals surface area contributed by atoms with Crippen LogP contribution in [0.15, 0.2) is 0 Å². The van der Waals surface area contributed by atoms with E-state index in [2.05, 4.69) is 0 Å². The summed E-state index contributed by atoms with van der Waals surface area (Å²) in [6, 6.07) is 0. The van der Waals surface area contributed by atoms with Crippen molar-refractivity contribution >= 4 is 36.0 Å². The minimum Gasteiger partial charge on any atom is -0.665 e. The van der Waals surface area contributed by atoms with Crippen molar-refractivity contribution in [2.45, 2.75) is 12.8 Å². The van der Waals surface area contributed by atoms with Crippen molar-refractivity contribution in [3.63, 3.8) is 0 Å². The van der Waals surface area contributed by atoms with E-state index in [1.807, 2.05) is 0 Å². The van der Waals surface area contributed by atoms with Gasteiger partial charge < -0.3 is 24.5 Å². The summed E-state index contributed by atoms with van der Waals surface area (Å²) in [6.45, 7) is 3.00. The van der Waals surface area contributed by atoms with Crippen molar-refractivity contribution < 1.29 is 24.5 Å². The largest absolute Gasteiger partial charge is 2.00 e. The summed E-state index contributed by atoms with van der Waals surface area (Å²) in [7, 11) is 0. The Hall–Kier alpha value is -0.334. The molecule has 1 aliphatic heterocycles. The molecule has 0 unspecified atom stereocenters. The summed E-state index contributed by atoms with van der Waals surface area (Å²) < 4.78 is 4.94. The van der Waals surface area contributed by atoms with E-state index < -0.39 is 0 Å². The number of ether oxygens (including phenoxy) is 1. The van der Waals surface area contributed by atoms with Gasteiger partial charge in [0.15, 0.2) is 0 Å². The summed E-state index contributed by atoms with van der Waals surface area (Å²) in [5, 5.41) is 13.5. The van der Waals surface area contributed by atoms with Gasteiger partial charge in [0, 0.05) is 13.2 Å². The van der Waals surface area contributed by atoms with E-state index >= 15 is 0 Å². The first kappa shape index (κ1) is 17.7. The number of hydrogen-bond acceptors (Lipinski definition) is 3. The quantitative estimate of drug-likeness (QED) is 0.399. The Labute approximate surface area is 86.9 Å². The summed E-state index contributed by atoms with van der Waals surface area (Å²) in [5.74, 6) is 0. The van der Waals surface area contributed by atoms with Gasteiger partial charge in [-0.25, -0.2) is 0 Å². The second-order valence-electron chi connectivity index (χ2n) is 1.50. The first-order valence-electron chi connectivity index (χ1n) is 2.93. The zero-order chi connectivity index (χ0) is 8.95. The maximum Gasteiger partial charge on any atom is 2.00 e. The normalized spacial score (nSPS) is 12.0. The van der Waals surface area contributed by atoms with Crippen molar-refractivity contribution in [3.05, 3.63) is 0 Å². The molecule has 1 fully saturated rings. The maximum atomic E-state index is 8.24. The Morgan fingerprint density at radius 3 is 1.33 bits per heavy atom. The third-order valence-corrected chi connectivity index (χ3v) is 0.827. The minimum absolute atomic E-state index is 0. The van der Waals surface area contributed by atoms with E-state index in [0.717, 1.165) is 13.2 Å². The van der Waals surface area contributed by atoms with Crippen molar-refractivity contribution in [2.75, 3.05) is 13.2 Å². The molecule has 1 heterocycles. The van der Waals surface area contributed by atoms with Crippen molar-refractivity contribution in [3.8, 4) is 0 Å². The van der Waals surface area contributed by atoms with E-state index in [1.54, 1.807) is 0 Å². The molecular formula is C6H10MgO5. The predicted molar refractivity (Wildman–Crippen MR) is 42.5 cm³/mol. The Kier molecular flexibility index (Phi) is 33.0. The fourth-order valence-electron chi connectivity index (χ4n) is 0.510. The fourth-order valence-corrected chi connectivity index (χ4v) is 0.510. The van der Waals surface area contributed by atoms with Crippen LogP contribution in [0, 0.1) is 0 Å². The van der Waals surface area contributed by atoms with Crippen LogP contribution < -0.4 is 0 Å². The smallest absolute Gasteiger partial charge is 0.665 e. The van der Waals surface area contributed by atoms with Gasteiger partial charge in [-0.2, -0.15) is 0 Å². The fraction of sp³-hybridized carbons (Fsp3) is 0.667. The average molecular weight is 186 g/mol. The first-order chi connectivity index (χ1) is 5.33. The van der Waals surface area contributed by atoms with E-state index in [4.69, 9.17) is 24.5 Å². The van der Waals surface area contributed by atoms with Crippen LogP contribution in [0.1, 0.15) is 12.8 Å². The molecule has 0 atom stereocenters. The van der Waals surface area contributed by atoms with Gasteiger partial charge in [-0.15, -0.1) is 0 Å². The Morgan fingerprint density at radius 1 is 1.00 bits per heavy atom. The minimum atomic E-state index is 0. The van der Waals surface area contributed by atoms with Gasteiger partial charge in [0.1, 0.15) is 0 Å². The molecule has 1 aliphatic rings. The van der Waals surface area contributed by atoms with Gasteiger partial charge in [0.05, 0.1) is 0 Å². The molecule has 0 aromatic heterocycles. The maximum absolute atomic E-state index is 8.24. The Morgan fingerprint density at radius 2 is 1.25 bits per heavy atom. The van der Waals surface area contributed by atoms with Gasteiger partial charge >= 0.3 is 23.1 Å². The zero-order valence-corrected chi connectivity index (χ0v) is 8.07. The topological polar surface area (TPSA) is 83.8 Å². The number of hydrogen-bond donors (Lipinski definition) is 2. The third-order valence-electron chi connectivity index (χ3n) is 0.827. The van der Waals surface area contributed by atoms with Crippen LogP contribution in [-0.4, -0.2) is 59.4 Å². The van der Waals surface area contributed by atoms with Gasteiger partial charge in [0.2, 0.25) is 0 Å². The van der Waals surface area contributed by atoms with Crippen LogP contribution in [0.25, 0.3) is 0 Å². The molecule has 0 bridgehead atoms. The molecule has 0 aromatic carbocycles. The molecular weight excluding hydrogens is 176 g/mol. The molecule has 12 heavy (non-hydrogen) atoms. The van der Waals surface area contributed by atoms with Gasteiger partial charge in [-0.3, -0.25) is 0 Å². The second kappa shape index (κ2) is 22.4. The summed E-state index contributed by atoms with van der Waals surface area (Å²) >= 11 is 0. The second-order valence-corrected chi connectivity index (χ2v) is 1.50. The molecule has 66 valence electrons. The van der Waals surface area contributed by atoms with Crippen molar-refractivity contribution in [1.29, 1.82) is 0 Å². The van der Waals surface area contributed by atoms with Crippen LogP contribution in [0.5, 0.6) is 0 Å². The standard InChI is InChI=1S/C4H8O.2CHO2.Mg/c1-2-4-5-3-1;2*2-1-3;/h1-4H2;2*(H,2,3);/q;2*-1;+2. The predicted octanol–water partition coefficient (Wildman–Crippen LogP) is -0.361. The molecule has 0 amide bonds. The van der Waals surface area contributed by atoms with Gasteiger partial charge in [-0.05, 0) is 12.8 Å². The molecule has 2 N–H and O–H groups in total. The molecule has 1 saturated heterocycles. The average Bonchev–Trinajstić information content (AvgIpc) is 2.44. The monoisotopic (exact) mass is 186 g/mol. The zero-order valence-electron chi connectivity index (χ0n) is 6.65. The Balaban J connectivity index is -0.000000104. The van der Waals surface area contributed by atoms with Crippen LogP contribution >= 0.6 is 0 Å². The molecule has 0 saturated carbocycles. The summed E-state index contributed by atoms with van der Waals surface area (Å²) in [6.07, 6.45) is 2.56. The SMILES string of the molecule is C1CCOC1.O=[C-]O.O=[C-]O.[Mg+2]. The van der Waals surface area contributed by atoms with Gasteiger partial charge in [-0.1, -0.05) is 12.9 Å². The molecule has 0 aliphatic carbocycles. The molecule has 1 rings (SSSR count). The third kappa shape index (κ3) is 33.3. The van der Waals surface area contributed by atoms with Crippen molar-refractivity contribution in [1.82, 2.24) is 0 Å². The molecule has 0 aromatic rings.